The van der Waals surface area contributed by atoms with Gasteiger partial charge in [0.15, 0.2) is 11.6 Å². The lowest BCUT2D eigenvalue weighted by molar-refractivity contribution is -0.140. The predicted molar refractivity (Wildman–Crippen MR) is 281 cm³/mol. The molecule has 3 heterocycles. The fourth-order valence-corrected chi connectivity index (χ4v) is 9.44. The highest BCUT2D eigenvalue weighted by molar-refractivity contribution is 7.98. The number of hydrogen-bond acceptors (Lipinski definition) is 16. The SMILES string of the molecule is CC[C@H](C)[C@H](CC(=O)[C@H](CCSC)NC(=O)Nc1ccc(CNC(=O)CN2CCN(CC(=O)O)CCN(CC(=O)O)CCN(CC(=O)O)CC2)cc1)C(=O)N[C@@H](CC1=CCC=N1)C(=O)CCCN1C(=O)CC(C)C1=O. The molecular formula is C51H76N10O13S. The van der Waals surface area contributed by atoms with Crippen molar-refractivity contribution in [3.63, 3.8) is 0 Å². The van der Waals surface area contributed by atoms with Crippen LogP contribution >= 0.6 is 11.8 Å². The lowest BCUT2D eigenvalue weighted by Crippen LogP contribution is -2.49. The number of allylic oxidation sites excluding steroid dienone is 1. The number of nitrogens with zero attached hydrogens (tertiary/aromatic N) is 6. The molecule has 0 aromatic heterocycles. The second kappa shape index (κ2) is 31.7. The van der Waals surface area contributed by atoms with Crippen LogP contribution in [0.1, 0.15) is 77.7 Å². The Hall–Kier alpha value is -6.08. The maximum absolute atomic E-state index is 14.1. The fourth-order valence-electron chi connectivity index (χ4n) is 8.97. The maximum Gasteiger partial charge on any atom is 0.319 e. The van der Waals surface area contributed by atoms with Gasteiger partial charge >= 0.3 is 23.9 Å². The van der Waals surface area contributed by atoms with E-state index in [0.29, 0.717) is 42.0 Å². The van der Waals surface area contributed by atoms with Gasteiger partial charge in [-0.2, -0.15) is 11.8 Å². The third-order valence-corrected chi connectivity index (χ3v) is 14.2. The topological polar surface area (TPSA) is 308 Å². The molecule has 6 amide bonds. The van der Waals surface area contributed by atoms with Crippen LogP contribution in [0.2, 0.25) is 0 Å². The van der Waals surface area contributed by atoms with Gasteiger partial charge in [0.1, 0.15) is 0 Å². The Bertz CT molecular complexity index is 2200. The number of amides is 6. The van der Waals surface area contributed by atoms with Crippen LogP contribution in [-0.4, -0.2) is 214 Å². The number of carbonyl (C=O) groups excluding carboxylic acids is 7. The normalized spacial score (nSPS) is 19.0. The molecule has 0 saturated carbocycles. The Morgan fingerprint density at radius 2 is 1.33 bits per heavy atom. The molecule has 0 bridgehead atoms. The largest absolute Gasteiger partial charge is 0.480 e. The van der Waals surface area contributed by atoms with Gasteiger partial charge in [-0.15, -0.1) is 0 Å². The summed E-state index contributed by atoms with van der Waals surface area (Å²) in [7, 11) is 0. The standard InChI is InChI=1S/C51H76N10O13S/c1-5-34(2)39(49(72)55-41(27-38-8-6-15-52-38)42(62)9-7-16-61-45(65)26-35(3)50(61)73)28-43(63)40(14-25-75-4)56-51(74)54-37-12-10-36(11-13-37)29-53-44(64)30-57-17-19-58(31-46(66)67)21-23-60(33-48(70)71)24-22-59(20-18-57)32-47(68)69/h8,10-13,15,34-35,39-41H,5-7,9,14,16-33H2,1-4H3,(H,53,64)(H,55,72)(H,66,67)(H,68,69)(H,70,71)(H2,54,56,74)/t34-,35?,39-,40-,41-/m0/s1. The summed E-state index contributed by atoms with van der Waals surface area (Å²) in [5.74, 6) is -6.07. The van der Waals surface area contributed by atoms with Crippen LogP contribution in [0.5, 0.6) is 0 Å². The summed E-state index contributed by atoms with van der Waals surface area (Å²) in [5, 5.41) is 39.8. The summed E-state index contributed by atoms with van der Waals surface area (Å²) in [4.78, 5) is 140. The number of hydrogen-bond donors (Lipinski definition) is 7. The van der Waals surface area contributed by atoms with Crippen LogP contribution < -0.4 is 21.3 Å². The Morgan fingerprint density at radius 1 is 0.773 bits per heavy atom. The minimum Gasteiger partial charge on any atom is -0.480 e. The average Bonchev–Trinajstić information content (AvgIpc) is 3.96. The van der Waals surface area contributed by atoms with Crippen molar-refractivity contribution in [2.75, 3.05) is 102 Å². The molecule has 3 aliphatic heterocycles. The number of aliphatic imine (C=N–C) groups is 1. The Labute approximate surface area is 442 Å². The summed E-state index contributed by atoms with van der Waals surface area (Å²) in [6.07, 6.45) is 7.22. The van der Waals surface area contributed by atoms with Crippen LogP contribution in [0.3, 0.4) is 0 Å². The smallest absolute Gasteiger partial charge is 0.319 e. The molecule has 5 atom stereocenters. The maximum atomic E-state index is 14.1. The van der Waals surface area contributed by atoms with Crippen molar-refractivity contribution in [1.82, 2.24) is 40.4 Å². The van der Waals surface area contributed by atoms with Crippen molar-refractivity contribution in [3.05, 3.63) is 41.6 Å². The van der Waals surface area contributed by atoms with Gasteiger partial charge in [0.2, 0.25) is 23.6 Å². The molecule has 24 heteroatoms. The Kier molecular flexibility index (Phi) is 26.0. The Balaban J connectivity index is 1.34. The number of thioether (sulfide) groups is 1. The Morgan fingerprint density at radius 3 is 1.81 bits per heavy atom. The van der Waals surface area contributed by atoms with E-state index in [0.717, 1.165) is 0 Å². The number of carboxylic acids is 3. The van der Waals surface area contributed by atoms with Gasteiger partial charge in [-0.05, 0) is 48.5 Å². The minimum atomic E-state index is -1.05. The molecule has 0 spiro atoms. The molecule has 3 aliphatic rings. The number of anilines is 1. The van der Waals surface area contributed by atoms with Crippen molar-refractivity contribution in [3.8, 4) is 0 Å². The monoisotopic (exact) mass is 1070 g/mol. The van der Waals surface area contributed by atoms with Gasteiger partial charge < -0.3 is 36.6 Å². The number of likely N-dealkylation sites (tertiary alicyclic amines) is 1. The zero-order chi connectivity index (χ0) is 55.0. The lowest BCUT2D eigenvalue weighted by atomic mass is 9.84. The number of carbonyl (C=O) groups is 10. The van der Waals surface area contributed by atoms with Crippen molar-refractivity contribution in [1.29, 1.82) is 0 Å². The molecule has 0 radical (unpaired) electrons. The molecule has 7 N–H and O–H groups in total. The second-order valence-corrected chi connectivity index (χ2v) is 20.4. The average molecular weight is 1070 g/mol. The molecular weight excluding hydrogens is 993 g/mol. The van der Waals surface area contributed by atoms with E-state index in [-0.39, 0.29) is 159 Å². The van der Waals surface area contributed by atoms with Crippen molar-refractivity contribution in [2.45, 2.75) is 90.8 Å². The van der Waals surface area contributed by atoms with Gasteiger partial charge in [-0.3, -0.25) is 72.6 Å². The molecule has 1 aromatic rings. The zero-order valence-corrected chi connectivity index (χ0v) is 44.4. The van der Waals surface area contributed by atoms with Crippen molar-refractivity contribution >= 4 is 82.8 Å². The predicted octanol–water partition coefficient (Wildman–Crippen LogP) is 1.62. The third-order valence-electron chi connectivity index (χ3n) is 13.6. The van der Waals surface area contributed by atoms with E-state index in [2.05, 4.69) is 26.3 Å². The number of imide groups is 1. The van der Waals surface area contributed by atoms with E-state index < -0.39 is 53.8 Å². The number of benzene rings is 1. The van der Waals surface area contributed by atoms with Gasteiger partial charge in [-0.1, -0.05) is 45.4 Å². The molecule has 4 rings (SSSR count). The summed E-state index contributed by atoms with van der Waals surface area (Å²) in [6.45, 7) is 6.89. The highest BCUT2D eigenvalue weighted by Crippen LogP contribution is 2.24. The molecule has 23 nitrogen and oxygen atoms in total. The van der Waals surface area contributed by atoms with Crippen molar-refractivity contribution < 1.29 is 63.3 Å². The number of nitrogens with one attached hydrogen (secondary N) is 4. The molecule has 0 aliphatic carbocycles. The van der Waals surface area contributed by atoms with Crippen LogP contribution in [0, 0.1) is 17.8 Å². The van der Waals surface area contributed by atoms with Crippen LogP contribution in [0.4, 0.5) is 10.5 Å². The minimum absolute atomic E-state index is 0.00819. The first-order valence-electron chi connectivity index (χ1n) is 25.6. The number of urea groups is 1. The number of ketones is 2. The molecule has 1 aromatic carbocycles. The number of carboxylic acid groups (broad SMARTS) is 3. The van der Waals surface area contributed by atoms with Gasteiger partial charge in [0.25, 0.3) is 0 Å². The summed E-state index contributed by atoms with van der Waals surface area (Å²) < 4.78 is 0. The van der Waals surface area contributed by atoms with Crippen LogP contribution in [0.15, 0.2) is 41.0 Å². The van der Waals surface area contributed by atoms with E-state index in [4.69, 9.17) is 0 Å². The zero-order valence-electron chi connectivity index (χ0n) is 43.6. The number of rotatable bonds is 29. The van der Waals surface area contributed by atoms with E-state index in [1.165, 1.54) is 16.7 Å². The molecule has 414 valence electrons. The highest BCUT2D eigenvalue weighted by Gasteiger charge is 2.36. The van der Waals surface area contributed by atoms with Gasteiger partial charge in [-0.25, -0.2) is 4.79 Å². The fraction of sp³-hybridized carbons (Fsp3) is 0.627. The summed E-state index contributed by atoms with van der Waals surface area (Å²) >= 11 is 1.49. The molecule has 2 saturated heterocycles. The first kappa shape index (κ1) is 61.5. The van der Waals surface area contributed by atoms with E-state index in [1.54, 1.807) is 52.1 Å². The molecule has 1 unspecified atom stereocenters. The van der Waals surface area contributed by atoms with Crippen LogP contribution in [-0.2, 0) is 49.7 Å². The number of Topliss-reactive ketones (excluding diaryl/α,β-unsaturated/α-hetero) is 2. The molecule has 2 fully saturated rings. The lowest BCUT2D eigenvalue weighted by Gasteiger charge is -2.32. The van der Waals surface area contributed by atoms with Crippen LogP contribution in [0.25, 0.3) is 0 Å². The molecule has 75 heavy (non-hydrogen) atoms. The summed E-state index contributed by atoms with van der Waals surface area (Å²) in [5.41, 5.74) is 1.76. The van der Waals surface area contributed by atoms with Gasteiger partial charge in [0.05, 0.1) is 38.3 Å². The van der Waals surface area contributed by atoms with Gasteiger partial charge in [0, 0.05) is 127 Å². The summed E-state index contributed by atoms with van der Waals surface area (Å²) in [6, 6.07) is 4.17. The first-order chi connectivity index (χ1) is 35.7. The highest BCUT2D eigenvalue weighted by atomic mass is 32.2. The first-order valence-corrected chi connectivity index (χ1v) is 27.0. The van der Waals surface area contributed by atoms with Crippen molar-refractivity contribution in [2.24, 2.45) is 22.7 Å². The third kappa shape index (κ3) is 22.0. The van der Waals surface area contributed by atoms with E-state index >= 15 is 0 Å². The van der Waals surface area contributed by atoms with E-state index in [1.807, 2.05) is 31.1 Å². The quantitative estimate of drug-likeness (QED) is 0.0561. The number of aliphatic carboxylic acids is 3. The second-order valence-electron chi connectivity index (χ2n) is 19.4. The van der Waals surface area contributed by atoms with E-state index in [9.17, 15) is 63.3 Å².